The monoisotopic (exact) mass is 416 g/mol. The fourth-order valence-electron chi connectivity index (χ4n) is 3.21. The molecule has 1 fully saturated rings. The molecule has 138 valence electrons. The maximum atomic E-state index is 12.1. The van der Waals surface area contributed by atoms with Gasteiger partial charge in [-0.2, -0.15) is 0 Å². The zero-order chi connectivity index (χ0) is 18.4. The average molecular weight is 417 g/mol. The number of ether oxygens (including phenoxy) is 1. The number of aryl methyl sites for hydroxylation is 1. The highest BCUT2D eigenvalue weighted by Gasteiger charge is 2.12. The van der Waals surface area contributed by atoms with E-state index in [-0.39, 0.29) is 5.91 Å². The Balaban J connectivity index is 1.44. The van der Waals surface area contributed by atoms with E-state index >= 15 is 0 Å². The summed E-state index contributed by atoms with van der Waals surface area (Å²) >= 11 is 3.48. The number of halogens is 1. The molecule has 1 amide bonds. The second-order valence-corrected chi connectivity index (χ2v) is 7.46. The van der Waals surface area contributed by atoms with E-state index in [0.717, 1.165) is 34.4 Å². The first kappa shape index (κ1) is 18.8. The van der Waals surface area contributed by atoms with E-state index in [1.165, 1.54) is 18.5 Å². The van der Waals surface area contributed by atoms with Crippen molar-refractivity contribution in [3.8, 4) is 5.75 Å². The van der Waals surface area contributed by atoms with Crippen molar-refractivity contribution in [2.24, 2.45) is 0 Å². The van der Waals surface area contributed by atoms with Gasteiger partial charge in [-0.3, -0.25) is 4.79 Å². The second-order valence-electron chi connectivity index (χ2n) is 6.61. The lowest BCUT2D eigenvalue weighted by atomic mass is 10.1. The molecule has 0 atom stereocenters. The lowest BCUT2D eigenvalue weighted by molar-refractivity contribution is -0.121. The quantitative estimate of drug-likeness (QED) is 0.730. The predicted octanol–water partition coefficient (Wildman–Crippen LogP) is 4.31. The van der Waals surface area contributed by atoms with E-state index in [0.29, 0.717) is 19.4 Å². The van der Waals surface area contributed by atoms with Gasteiger partial charge >= 0.3 is 0 Å². The first-order valence-corrected chi connectivity index (χ1v) is 9.88. The topological polar surface area (TPSA) is 41.6 Å². The molecular formula is C21H25BrN2O2. The Morgan fingerprint density at radius 1 is 1.12 bits per heavy atom. The molecule has 3 rings (SSSR count). The molecule has 2 aromatic carbocycles. The third-order valence-corrected chi connectivity index (χ3v) is 5.37. The van der Waals surface area contributed by atoms with Crippen molar-refractivity contribution in [3.05, 3.63) is 58.1 Å². The number of nitrogens with one attached hydrogen (secondary N) is 1. The van der Waals surface area contributed by atoms with Crippen molar-refractivity contribution in [2.75, 3.05) is 25.1 Å². The van der Waals surface area contributed by atoms with E-state index in [2.05, 4.69) is 50.4 Å². The Bertz CT molecular complexity index is 740. The van der Waals surface area contributed by atoms with Gasteiger partial charge in [0.2, 0.25) is 5.91 Å². The van der Waals surface area contributed by atoms with Gasteiger partial charge in [-0.1, -0.05) is 18.2 Å². The normalized spacial score (nSPS) is 13.7. The van der Waals surface area contributed by atoms with Crippen LogP contribution in [0.4, 0.5) is 5.69 Å². The predicted molar refractivity (Wildman–Crippen MR) is 109 cm³/mol. The number of rotatable bonds is 7. The molecule has 1 N–H and O–H groups in total. The molecule has 1 heterocycles. The number of anilines is 1. The number of methoxy groups -OCH3 is 1. The molecule has 1 aliphatic rings. The minimum atomic E-state index is 0.0700. The fraction of sp³-hybridized carbons (Fsp3) is 0.381. The largest absolute Gasteiger partial charge is 0.496 e. The summed E-state index contributed by atoms with van der Waals surface area (Å²) in [6.45, 7) is 2.88. The van der Waals surface area contributed by atoms with Crippen LogP contribution < -0.4 is 15.0 Å². The van der Waals surface area contributed by atoms with Crippen LogP contribution in [0.3, 0.4) is 0 Å². The highest BCUT2D eigenvalue weighted by molar-refractivity contribution is 9.10. The number of carbonyl (C=O) groups is 1. The minimum absolute atomic E-state index is 0.0700. The molecule has 1 saturated heterocycles. The van der Waals surface area contributed by atoms with E-state index in [1.54, 1.807) is 7.11 Å². The molecule has 0 saturated carbocycles. The number of hydrogen-bond acceptors (Lipinski definition) is 3. The smallest absolute Gasteiger partial charge is 0.220 e. The van der Waals surface area contributed by atoms with Crippen LogP contribution in [0.25, 0.3) is 0 Å². The van der Waals surface area contributed by atoms with Gasteiger partial charge in [0.15, 0.2) is 0 Å². The van der Waals surface area contributed by atoms with Gasteiger partial charge in [0.25, 0.3) is 0 Å². The third kappa shape index (κ3) is 5.01. The van der Waals surface area contributed by atoms with Crippen molar-refractivity contribution in [2.45, 2.75) is 32.2 Å². The highest BCUT2D eigenvalue weighted by Crippen LogP contribution is 2.26. The summed E-state index contributed by atoms with van der Waals surface area (Å²) in [4.78, 5) is 14.5. The van der Waals surface area contributed by atoms with Crippen molar-refractivity contribution < 1.29 is 9.53 Å². The maximum Gasteiger partial charge on any atom is 0.220 e. The van der Waals surface area contributed by atoms with Crippen LogP contribution in [0.5, 0.6) is 5.75 Å². The minimum Gasteiger partial charge on any atom is -0.496 e. The SMILES string of the molecule is COc1ccc(CCC(=O)NCc2ccc(N3CCCC3)cc2)cc1Br. The molecule has 0 spiro atoms. The van der Waals surface area contributed by atoms with Gasteiger partial charge < -0.3 is 15.0 Å². The Morgan fingerprint density at radius 2 is 1.81 bits per heavy atom. The Morgan fingerprint density at radius 3 is 2.46 bits per heavy atom. The average Bonchev–Trinajstić information content (AvgIpc) is 3.20. The van der Waals surface area contributed by atoms with Crippen molar-refractivity contribution in [1.82, 2.24) is 5.32 Å². The first-order valence-electron chi connectivity index (χ1n) is 9.09. The van der Waals surface area contributed by atoms with E-state index < -0.39 is 0 Å². The Labute approximate surface area is 163 Å². The summed E-state index contributed by atoms with van der Waals surface area (Å²) < 4.78 is 6.14. The van der Waals surface area contributed by atoms with Crippen molar-refractivity contribution >= 4 is 27.5 Å². The van der Waals surface area contributed by atoms with Crippen molar-refractivity contribution in [1.29, 1.82) is 0 Å². The molecular weight excluding hydrogens is 392 g/mol. The number of nitrogens with zero attached hydrogens (tertiary/aromatic N) is 1. The summed E-state index contributed by atoms with van der Waals surface area (Å²) in [6.07, 6.45) is 3.75. The second kappa shape index (κ2) is 9.08. The highest BCUT2D eigenvalue weighted by atomic mass is 79.9. The fourth-order valence-corrected chi connectivity index (χ4v) is 3.80. The summed E-state index contributed by atoms with van der Waals surface area (Å²) in [7, 11) is 1.64. The molecule has 0 aliphatic carbocycles. The van der Waals surface area contributed by atoms with Gasteiger partial charge in [-0.05, 0) is 70.6 Å². The molecule has 0 radical (unpaired) electrons. The first-order chi connectivity index (χ1) is 12.7. The van der Waals surface area contributed by atoms with Crippen LogP contribution in [0, 0.1) is 0 Å². The van der Waals surface area contributed by atoms with E-state index in [1.807, 2.05) is 18.2 Å². The zero-order valence-electron chi connectivity index (χ0n) is 15.1. The molecule has 2 aromatic rings. The number of amides is 1. The molecule has 5 heteroatoms. The standard InChI is InChI=1S/C21H25BrN2O2/c1-26-20-10-6-16(14-19(20)22)7-11-21(25)23-15-17-4-8-18(9-5-17)24-12-2-3-13-24/h4-6,8-10,14H,2-3,7,11-13,15H2,1H3,(H,23,25). The van der Waals surface area contributed by atoms with Gasteiger partial charge in [0.05, 0.1) is 11.6 Å². The zero-order valence-corrected chi connectivity index (χ0v) is 16.7. The van der Waals surface area contributed by atoms with E-state index in [9.17, 15) is 4.79 Å². The number of benzene rings is 2. The van der Waals surface area contributed by atoms with Gasteiger partial charge in [-0.25, -0.2) is 0 Å². The van der Waals surface area contributed by atoms with Crippen molar-refractivity contribution in [3.63, 3.8) is 0 Å². The van der Waals surface area contributed by atoms with Crippen LogP contribution in [0.2, 0.25) is 0 Å². The Hall–Kier alpha value is -2.01. The lowest BCUT2D eigenvalue weighted by Gasteiger charge is -2.17. The molecule has 26 heavy (non-hydrogen) atoms. The van der Waals surface area contributed by atoms with Crippen LogP contribution >= 0.6 is 15.9 Å². The third-order valence-electron chi connectivity index (χ3n) is 4.75. The summed E-state index contributed by atoms with van der Waals surface area (Å²) in [5, 5.41) is 3.01. The Kier molecular flexibility index (Phi) is 6.56. The summed E-state index contributed by atoms with van der Waals surface area (Å²) in [5.74, 6) is 0.871. The molecule has 0 aromatic heterocycles. The van der Waals surface area contributed by atoms with Crippen LogP contribution in [-0.2, 0) is 17.8 Å². The maximum absolute atomic E-state index is 12.1. The molecule has 0 unspecified atom stereocenters. The van der Waals surface area contributed by atoms with Gasteiger partial charge in [0, 0.05) is 31.7 Å². The van der Waals surface area contributed by atoms with Crippen LogP contribution in [0.15, 0.2) is 46.9 Å². The summed E-state index contributed by atoms with van der Waals surface area (Å²) in [5.41, 5.74) is 3.53. The van der Waals surface area contributed by atoms with Crippen LogP contribution in [0.1, 0.15) is 30.4 Å². The lowest BCUT2D eigenvalue weighted by Crippen LogP contribution is -2.23. The summed E-state index contributed by atoms with van der Waals surface area (Å²) in [6, 6.07) is 14.4. The van der Waals surface area contributed by atoms with Crippen LogP contribution in [-0.4, -0.2) is 26.1 Å². The van der Waals surface area contributed by atoms with E-state index in [4.69, 9.17) is 4.74 Å². The number of carbonyl (C=O) groups excluding carboxylic acids is 1. The molecule has 4 nitrogen and oxygen atoms in total. The molecule has 1 aliphatic heterocycles. The van der Waals surface area contributed by atoms with Gasteiger partial charge in [0.1, 0.15) is 5.75 Å². The molecule has 0 bridgehead atoms. The number of hydrogen-bond donors (Lipinski definition) is 1. The van der Waals surface area contributed by atoms with Gasteiger partial charge in [-0.15, -0.1) is 0 Å².